The van der Waals surface area contributed by atoms with E-state index in [4.69, 9.17) is 28.2 Å². The molecule has 3 aromatic carbocycles. The van der Waals surface area contributed by atoms with E-state index in [1.165, 1.54) is 6.42 Å². The highest BCUT2D eigenvalue weighted by atomic mass is 35.5. The Balaban J connectivity index is 1.59. The number of nitrogens with zero attached hydrogens (tertiary/aromatic N) is 2. The normalized spacial score (nSPS) is 17.1. The van der Waals surface area contributed by atoms with Crippen molar-refractivity contribution in [3.8, 4) is 0 Å². The Hall–Kier alpha value is -3.15. The number of hydrogen-bond donors (Lipinski definition) is 1. The van der Waals surface area contributed by atoms with E-state index < -0.39 is 6.04 Å². The highest BCUT2D eigenvalue weighted by Gasteiger charge is 2.36. The van der Waals surface area contributed by atoms with Crippen molar-refractivity contribution in [2.24, 2.45) is 4.99 Å². The summed E-state index contributed by atoms with van der Waals surface area (Å²) in [6, 6.07) is 21.2. The number of rotatable bonds is 5. The van der Waals surface area contributed by atoms with Crippen LogP contribution in [0, 0.1) is 0 Å². The molecule has 2 amide bonds. The summed E-state index contributed by atoms with van der Waals surface area (Å²) in [6.07, 6.45) is 5.28. The summed E-state index contributed by atoms with van der Waals surface area (Å²) in [6.45, 7) is 0.167. The minimum absolute atomic E-state index is 0.108. The number of amides is 2. The largest absolute Gasteiger partial charge is 0.351 e. The maximum Gasteiger partial charge on any atom is 0.257 e. The van der Waals surface area contributed by atoms with Gasteiger partial charge in [-0.1, -0.05) is 84.9 Å². The molecule has 1 aliphatic carbocycles. The molecular weight excluding hydrogens is 493 g/mol. The first-order chi connectivity index (χ1) is 17.5. The van der Waals surface area contributed by atoms with Crippen LogP contribution in [-0.2, 0) is 4.79 Å². The van der Waals surface area contributed by atoms with Crippen LogP contribution in [0.2, 0.25) is 10.0 Å². The molecule has 7 heteroatoms. The number of hydrogen-bond acceptors (Lipinski definition) is 3. The lowest BCUT2D eigenvalue weighted by molar-refractivity contribution is -0.126. The summed E-state index contributed by atoms with van der Waals surface area (Å²) in [7, 11) is 0. The lowest BCUT2D eigenvalue weighted by Gasteiger charge is -2.33. The van der Waals surface area contributed by atoms with Crippen LogP contribution in [-0.4, -0.2) is 35.0 Å². The van der Waals surface area contributed by atoms with Gasteiger partial charge >= 0.3 is 0 Å². The average molecular weight is 520 g/mol. The molecule has 1 aliphatic heterocycles. The Morgan fingerprint density at radius 3 is 2.33 bits per heavy atom. The van der Waals surface area contributed by atoms with Crippen LogP contribution in [0.5, 0.6) is 0 Å². The predicted molar refractivity (Wildman–Crippen MR) is 144 cm³/mol. The van der Waals surface area contributed by atoms with E-state index in [0.29, 0.717) is 32.6 Å². The van der Waals surface area contributed by atoms with Gasteiger partial charge in [-0.05, 0) is 54.3 Å². The second kappa shape index (κ2) is 10.9. The fourth-order valence-corrected chi connectivity index (χ4v) is 5.28. The average Bonchev–Trinajstić information content (AvgIpc) is 3.03. The van der Waals surface area contributed by atoms with E-state index in [9.17, 15) is 9.59 Å². The summed E-state index contributed by atoms with van der Waals surface area (Å²) in [5.74, 6) is -0.461. The van der Waals surface area contributed by atoms with Crippen LogP contribution in [0.15, 0.2) is 77.8 Å². The van der Waals surface area contributed by atoms with Crippen LogP contribution in [0.3, 0.4) is 0 Å². The molecule has 0 spiro atoms. The number of carbonyl (C=O) groups excluding carboxylic acids is 2. The maximum absolute atomic E-state index is 14.0. The zero-order valence-electron chi connectivity index (χ0n) is 19.8. The molecule has 0 radical (unpaired) electrons. The van der Waals surface area contributed by atoms with Crippen LogP contribution in [0.4, 0.5) is 5.69 Å². The van der Waals surface area contributed by atoms with Gasteiger partial charge in [0.15, 0.2) is 0 Å². The quantitative estimate of drug-likeness (QED) is 0.404. The van der Waals surface area contributed by atoms with Gasteiger partial charge in [0.05, 0.1) is 23.5 Å². The van der Waals surface area contributed by atoms with Crippen LogP contribution < -0.4 is 5.32 Å². The molecule has 1 saturated carbocycles. The van der Waals surface area contributed by atoms with Gasteiger partial charge in [-0.2, -0.15) is 0 Å². The molecule has 36 heavy (non-hydrogen) atoms. The second-order valence-corrected chi connectivity index (χ2v) is 10.2. The van der Waals surface area contributed by atoms with Gasteiger partial charge in [0, 0.05) is 16.1 Å². The van der Waals surface area contributed by atoms with Gasteiger partial charge in [-0.3, -0.25) is 14.6 Å². The van der Waals surface area contributed by atoms with Crippen molar-refractivity contribution in [2.45, 2.75) is 44.2 Å². The third kappa shape index (κ3) is 5.32. The maximum atomic E-state index is 14.0. The summed E-state index contributed by atoms with van der Waals surface area (Å²) >= 11 is 12.4. The molecular formula is C29H27Cl2N3O2. The first-order valence-corrected chi connectivity index (χ1v) is 13.0. The van der Waals surface area contributed by atoms with Gasteiger partial charge in [-0.25, -0.2) is 0 Å². The van der Waals surface area contributed by atoms with E-state index in [1.807, 2.05) is 42.5 Å². The molecule has 3 aromatic rings. The molecule has 1 heterocycles. The zero-order chi connectivity index (χ0) is 25.1. The topological polar surface area (TPSA) is 61.8 Å². The highest BCUT2D eigenvalue weighted by molar-refractivity contribution is 6.31. The van der Waals surface area contributed by atoms with E-state index in [-0.39, 0.29) is 24.4 Å². The van der Waals surface area contributed by atoms with E-state index in [0.717, 1.165) is 31.2 Å². The van der Waals surface area contributed by atoms with Gasteiger partial charge < -0.3 is 10.2 Å². The second-order valence-electron chi connectivity index (χ2n) is 9.32. The van der Waals surface area contributed by atoms with E-state index in [2.05, 4.69) is 5.32 Å². The molecule has 5 rings (SSSR count). The Morgan fingerprint density at radius 1 is 0.917 bits per heavy atom. The van der Waals surface area contributed by atoms with Gasteiger partial charge in [0.2, 0.25) is 5.91 Å². The third-order valence-electron chi connectivity index (χ3n) is 6.83. The molecule has 1 atom stereocenters. The summed E-state index contributed by atoms with van der Waals surface area (Å²) in [5.41, 5.74) is 3.18. The minimum atomic E-state index is -0.841. The van der Waals surface area contributed by atoms with Crippen molar-refractivity contribution < 1.29 is 9.59 Å². The van der Waals surface area contributed by atoms with Crippen molar-refractivity contribution in [3.63, 3.8) is 0 Å². The van der Waals surface area contributed by atoms with Crippen LogP contribution in [0.1, 0.15) is 59.6 Å². The van der Waals surface area contributed by atoms with Crippen molar-refractivity contribution in [1.82, 2.24) is 10.2 Å². The molecule has 2 aliphatic rings. The fourth-order valence-electron chi connectivity index (χ4n) is 4.99. The first-order valence-electron chi connectivity index (χ1n) is 12.3. The molecule has 5 nitrogen and oxygen atoms in total. The van der Waals surface area contributed by atoms with Crippen molar-refractivity contribution in [2.75, 3.05) is 6.54 Å². The molecule has 184 valence electrons. The van der Waals surface area contributed by atoms with Crippen molar-refractivity contribution >= 4 is 46.4 Å². The van der Waals surface area contributed by atoms with Gasteiger partial charge in [-0.15, -0.1) is 0 Å². The number of halogens is 2. The molecule has 1 fully saturated rings. The van der Waals surface area contributed by atoms with E-state index in [1.54, 1.807) is 35.2 Å². The number of benzene rings is 3. The Morgan fingerprint density at radius 2 is 1.61 bits per heavy atom. The Labute approximate surface area is 221 Å². The van der Waals surface area contributed by atoms with Crippen molar-refractivity contribution in [3.05, 3.63) is 99.5 Å². The first kappa shape index (κ1) is 24.5. The molecule has 0 aromatic heterocycles. The lowest BCUT2D eigenvalue weighted by atomic mass is 9.94. The van der Waals surface area contributed by atoms with Crippen LogP contribution >= 0.6 is 23.2 Å². The van der Waals surface area contributed by atoms with Gasteiger partial charge in [0.1, 0.15) is 6.04 Å². The molecule has 1 N–H and O–H groups in total. The number of fused-ring (bicyclic) bond motifs is 1. The van der Waals surface area contributed by atoms with Gasteiger partial charge in [0.25, 0.3) is 5.91 Å². The predicted octanol–water partition coefficient (Wildman–Crippen LogP) is 6.76. The van der Waals surface area contributed by atoms with Crippen molar-refractivity contribution in [1.29, 1.82) is 0 Å². The number of carbonyl (C=O) groups is 2. The lowest BCUT2D eigenvalue weighted by Crippen LogP contribution is -2.48. The Kier molecular flexibility index (Phi) is 7.40. The van der Waals surface area contributed by atoms with Crippen LogP contribution in [0.25, 0.3) is 0 Å². The molecule has 1 unspecified atom stereocenters. The highest BCUT2D eigenvalue weighted by Crippen LogP contribution is 2.33. The zero-order valence-corrected chi connectivity index (χ0v) is 21.3. The molecule has 0 bridgehead atoms. The number of aliphatic imine (C=N–C) groups is 1. The van der Waals surface area contributed by atoms with E-state index >= 15 is 0 Å². The monoisotopic (exact) mass is 519 g/mol. The Bertz CT molecular complexity index is 1290. The summed E-state index contributed by atoms with van der Waals surface area (Å²) in [4.78, 5) is 34.3. The third-order valence-corrected chi connectivity index (χ3v) is 7.32. The summed E-state index contributed by atoms with van der Waals surface area (Å²) in [5, 5.41) is 4.30. The smallest absolute Gasteiger partial charge is 0.257 e. The number of nitrogens with one attached hydrogen (secondary N) is 1. The fraction of sp³-hybridized carbons (Fsp3) is 0.276. The standard InChI is InChI=1S/C29H27Cl2N3O2/c30-21-13-11-20(12-14-21)27(28(35)32-23-9-5-2-6-10-23)34-18-26(19-7-3-1-4-8-19)33-25-17-22(31)15-16-24(25)29(34)36/h1,3-4,7-8,11-17,23,27H,2,5-6,9-10,18H2,(H,32,35). The molecule has 0 saturated heterocycles. The summed E-state index contributed by atoms with van der Waals surface area (Å²) < 4.78 is 0. The SMILES string of the molecule is O=C(NC1CCCCC1)C(c1ccc(Cl)cc1)N1CC(c2ccccc2)=Nc2cc(Cl)ccc2C1=O. The minimum Gasteiger partial charge on any atom is -0.351 e.